The Kier molecular flexibility index (Phi) is 4.35. The molecule has 0 saturated heterocycles. The summed E-state index contributed by atoms with van der Waals surface area (Å²) < 4.78 is 7.49. The van der Waals surface area contributed by atoms with E-state index >= 15 is 0 Å². The SMILES string of the molecule is CCc1cc2nncc(-c3cnn(Cc4ccccc4)c3)c2cc1OC. The van der Waals surface area contributed by atoms with Gasteiger partial charge in [0.2, 0.25) is 0 Å². The number of fused-ring (bicyclic) bond motifs is 1. The van der Waals surface area contributed by atoms with Crippen LogP contribution in [0.4, 0.5) is 0 Å². The summed E-state index contributed by atoms with van der Waals surface area (Å²) in [5.41, 5.74) is 5.25. The van der Waals surface area contributed by atoms with E-state index in [4.69, 9.17) is 4.74 Å². The average molecular weight is 344 g/mol. The van der Waals surface area contributed by atoms with Crippen molar-refractivity contribution in [2.75, 3.05) is 7.11 Å². The summed E-state index contributed by atoms with van der Waals surface area (Å²) in [5.74, 6) is 0.880. The molecule has 0 bridgehead atoms. The molecule has 0 saturated carbocycles. The molecule has 4 rings (SSSR count). The molecule has 0 amide bonds. The second-order valence-corrected chi connectivity index (χ2v) is 6.21. The molecule has 0 unspecified atom stereocenters. The van der Waals surface area contributed by atoms with Crippen LogP contribution in [0.3, 0.4) is 0 Å². The van der Waals surface area contributed by atoms with Crippen molar-refractivity contribution in [3.63, 3.8) is 0 Å². The number of rotatable bonds is 5. The van der Waals surface area contributed by atoms with Crippen LogP contribution >= 0.6 is 0 Å². The molecule has 2 aromatic carbocycles. The molecular weight excluding hydrogens is 324 g/mol. The van der Waals surface area contributed by atoms with E-state index in [0.29, 0.717) is 0 Å². The van der Waals surface area contributed by atoms with E-state index in [2.05, 4.69) is 40.4 Å². The number of aryl methyl sites for hydroxylation is 1. The molecule has 0 fully saturated rings. The van der Waals surface area contributed by atoms with Crippen LogP contribution < -0.4 is 4.74 Å². The summed E-state index contributed by atoms with van der Waals surface area (Å²) in [6, 6.07) is 14.4. The van der Waals surface area contributed by atoms with Crippen molar-refractivity contribution in [1.82, 2.24) is 20.0 Å². The van der Waals surface area contributed by atoms with Gasteiger partial charge in [-0.05, 0) is 29.7 Å². The molecule has 0 spiro atoms. The number of hydrogen-bond donors (Lipinski definition) is 0. The first-order valence-electron chi connectivity index (χ1n) is 8.67. The molecular formula is C21H20N4O. The highest BCUT2D eigenvalue weighted by Crippen LogP contribution is 2.32. The number of aromatic nitrogens is 4. The quantitative estimate of drug-likeness (QED) is 0.547. The fraction of sp³-hybridized carbons (Fsp3) is 0.190. The average Bonchev–Trinajstić information content (AvgIpc) is 3.15. The maximum atomic E-state index is 5.55. The lowest BCUT2D eigenvalue weighted by Crippen LogP contribution is -1.99. The van der Waals surface area contributed by atoms with Crippen LogP contribution in [0.2, 0.25) is 0 Å². The topological polar surface area (TPSA) is 52.8 Å². The van der Waals surface area contributed by atoms with Crippen molar-refractivity contribution in [2.24, 2.45) is 0 Å². The lowest BCUT2D eigenvalue weighted by Gasteiger charge is -2.10. The Labute approximate surface area is 152 Å². The van der Waals surface area contributed by atoms with Crippen LogP contribution in [0.25, 0.3) is 22.0 Å². The third-order valence-corrected chi connectivity index (χ3v) is 4.55. The lowest BCUT2D eigenvalue weighted by atomic mass is 10.0. The zero-order valence-electron chi connectivity index (χ0n) is 14.9. The second kappa shape index (κ2) is 6.96. The van der Waals surface area contributed by atoms with Gasteiger partial charge in [0.15, 0.2) is 0 Å². The van der Waals surface area contributed by atoms with Gasteiger partial charge in [0.1, 0.15) is 5.75 Å². The molecule has 0 aliphatic heterocycles. The van der Waals surface area contributed by atoms with Crippen LogP contribution in [0, 0.1) is 0 Å². The summed E-state index contributed by atoms with van der Waals surface area (Å²) >= 11 is 0. The number of ether oxygens (including phenoxy) is 1. The van der Waals surface area contributed by atoms with Crippen molar-refractivity contribution >= 4 is 10.9 Å². The fourth-order valence-electron chi connectivity index (χ4n) is 3.18. The third-order valence-electron chi connectivity index (χ3n) is 4.55. The van der Waals surface area contributed by atoms with Gasteiger partial charge in [-0.2, -0.15) is 15.3 Å². The van der Waals surface area contributed by atoms with Gasteiger partial charge >= 0.3 is 0 Å². The molecule has 0 radical (unpaired) electrons. The predicted octanol–water partition coefficient (Wildman–Crippen LogP) is 4.11. The van der Waals surface area contributed by atoms with Crippen LogP contribution in [-0.4, -0.2) is 27.1 Å². The van der Waals surface area contributed by atoms with Gasteiger partial charge < -0.3 is 4.74 Å². The van der Waals surface area contributed by atoms with E-state index in [0.717, 1.165) is 46.3 Å². The number of hydrogen-bond acceptors (Lipinski definition) is 4. The van der Waals surface area contributed by atoms with E-state index in [-0.39, 0.29) is 0 Å². The Bertz CT molecular complexity index is 1040. The van der Waals surface area contributed by atoms with Crippen LogP contribution in [0.5, 0.6) is 5.75 Å². The predicted molar refractivity (Wildman–Crippen MR) is 102 cm³/mol. The second-order valence-electron chi connectivity index (χ2n) is 6.21. The monoisotopic (exact) mass is 344 g/mol. The number of nitrogens with zero attached hydrogens (tertiary/aromatic N) is 4. The molecule has 2 aromatic heterocycles. The lowest BCUT2D eigenvalue weighted by molar-refractivity contribution is 0.411. The van der Waals surface area contributed by atoms with E-state index in [1.165, 1.54) is 5.56 Å². The van der Waals surface area contributed by atoms with Crippen molar-refractivity contribution < 1.29 is 4.74 Å². The van der Waals surface area contributed by atoms with Crippen LogP contribution in [0.1, 0.15) is 18.1 Å². The highest BCUT2D eigenvalue weighted by atomic mass is 16.5. The Hall–Kier alpha value is -3.21. The minimum Gasteiger partial charge on any atom is -0.496 e. The highest BCUT2D eigenvalue weighted by molar-refractivity contribution is 5.94. The first-order valence-corrected chi connectivity index (χ1v) is 8.67. The molecule has 0 aliphatic carbocycles. The van der Waals surface area contributed by atoms with Crippen molar-refractivity contribution in [2.45, 2.75) is 19.9 Å². The number of methoxy groups -OCH3 is 1. The van der Waals surface area contributed by atoms with Gasteiger partial charge in [0, 0.05) is 22.7 Å². The minimum atomic E-state index is 0.737. The summed E-state index contributed by atoms with van der Waals surface area (Å²) in [6.45, 7) is 2.84. The highest BCUT2D eigenvalue weighted by Gasteiger charge is 2.12. The van der Waals surface area contributed by atoms with Crippen molar-refractivity contribution in [1.29, 1.82) is 0 Å². The van der Waals surface area contributed by atoms with E-state index in [1.54, 1.807) is 13.3 Å². The fourth-order valence-corrected chi connectivity index (χ4v) is 3.18. The van der Waals surface area contributed by atoms with Crippen LogP contribution in [0.15, 0.2) is 61.1 Å². The minimum absolute atomic E-state index is 0.737. The molecule has 0 N–H and O–H groups in total. The maximum absolute atomic E-state index is 5.55. The van der Waals surface area contributed by atoms with E-state index < -0.39 is 0 Å². The maximum Gasteiger partial charge on any atom is 0.122 e. The normalized spacial score (nSPS) is 11.0. The largest absolute Gasteiger partial charge is 0.496 e. The Morgan fingerprint density at radius 1 is 1.08 bits per heavy atom. The third kappa shape index (κ3) is 3.04. The molecule has 5 nitrogen and oxygen atoms in total. The number of benzene rings is 2. The van der Waals surface area contributed by atoms with E-state index in [9.17, 15) is 0 Å². The molecule has 26 heavy (non-hydrogen) atoms. The summed E-state index contributed by atoms with van der Waals surface area (Å²) in [7, 11) is 1.70. The van der Waals surface area contributed by atoms with Crippen molar-refractivity contribution in [3.8, 4) is 16.9 Å². The van der Waals surface area contributed by atoms with Crippen LogP contribution in [-0.2, 0) is 13.0 Å². The first-order chi connectivity index (χ1) is 12.8. The van der Waals surface area contributed by atoms with Gasteiger partial charge in [0.05, 0.1) is 31.6 Å². The van der Waals surface area contributed by atoms with E-state index in [1.807, 2.05) is 41.3 Å². The molecule has 2 heterocycles. The molecule has 5 heteroatoms. The van der Waals surface area contributed by atoms with Gasteiger partial charge in [0.25, 0.3) is 0 Å². The molecule has 0 aliphatic rings. The summed E-state index contributed by atoms with van der Waals surface area (Å²) in [5, 5.41) is 14.0. The van der Waals surface area contributed by atoms with Crippen molar-refractivity contribution in [3.05, 3.63) is 72.2 Å². The standard InChI is InChI=1S/C21H20N4O/c1-3-16-9-20-18(10-21(16)26-2)19(12-22-24-20)17-11-23-25(14-17)13-15-7-5-4-6-8-15/h4-12,14H,3,13H2,1-2H3. The summed E-state index contributed by atoms with van der Waals surface area (Å²) in [4.78, 5) is 0. The molecule has 0 atom stereocenters. The Morgan fingerprint density at radius 3 is 2.69 bits per heavy atom. The Balaban J connectivity index is 1.75. The van der Waals surface area contributed by atoms with Gasteiger partial charge in [-0.3, -0.25) is 4.68 Å². The zero-order chi connectivity index (χ0) is 17.9. The zero-order valence-corrected chi connectivity index (χ0v) is 14.9. The summed E-state index contributed by atoms with van der Waals surface area (Å²) in [6.07, 6.45) is 6.60. The first kappa shape index (κ1) is 16.3. The van der Waals surface area contributed by atoms with Gasteiger partial charge in [-0.1, -0.05) is 37.3 Å². The smallest absolute Gasteiger partial charge is 0.122 e. The molecule has 4 aromatic rings. The Morgan fingerprint density at radius 2 is 1.92 bits per heavy atom. The van der Waals surface area contributed by atoms with Gasteiger partial charge in [-0.25, -0.2) is 0 Å². The molecule has 130 valence electrons. The van der Waals surface area contributed by atoms with Gasteiger partial charge in [-0.15, -0.1) is 0 Å².